The highest BCUT2D eigenvalue weighted by atomic mass is 19.4. The Bertz CT molecular complexity index is 1140. The Kier molecular flexibility index (Phi) is 10.1. The van der Waals surface area contributed by atoms with Gasteiger partial charge in [-0.05, 0) is 81.0 Å². The second-order valence-corrected chi connectivity index (χ2v) is 15.6. The average molecular weight is 747 g/mol. The van der Waals surface area contributed by atoms with E-state index in [-0.39, 0.29) is 37.5 Å². The molecule has 0 aromatic rings. The van der Waals surface area contributed by atoms with Crippen molar-refractivity contribution < 1.29 is 80.1 Å². The highest BCUT2D eigenvalue weighted by molar-refractivity contribution is 5.25. The zero-order valence-corrected chi connectivity index (χ0v) is 27.4. The van der Waals surface area contributed by atoms with Crippen molar-refractivity contribution >= 4 is 0 Å². The van der Waals surface area contributed by atoms with E-state index in [0.717, 1.165) is 0 Å². The van der Waals surface area contributed by atoms with Crippen molar-refractivity contribution in [2.75, 3.05) is 6.79 Å². The van der Waals surface area contributed by atoms with Gasteiger partial charge in [0.2, 0.25) is 0 Å². The molecule has 0 radical (unpaired) electrons. The summed E-state index contributed by atoms with van der Waals surface area (Å²) in [6.07, 6.45) is -33.4. The van der Waals surface area contributed by atoms with Crippen molar-refractivity contribution in [1.82, 2.24) is 0 Å². The third kappa shape index (κ3) is 6.34. The SMILES string of the molecule is CC1CCC(C(C)C)C(OCOC(C(F)(F)F)(C(F)(F)F)C23CC4CC(C2)CC(C(OC(C)(F)C(C)(F)F)(C(F)(F)F)C(F)(F)F)(C4)C3)C1. The number of hydrogen-bond donors (Lipinski definition) is 0. The van der Waals surface area contributed by atoms with Crippen molar-refractivity contribution in [1.29, 1.82) is 0 Å². The average Bonchev–Trinajstić information content (AvgIpc) is 2.85. The molecule has 0 N–H and O–H groups in total. The van der Waals surface area contributed by atoms with E-state index in [1.165, 1.54) is 0 Å². The smallest absolute Gasteiger partial charge is 0.352 e. The standard InChI is InChI=1S/C31H41F15O3/c1-16(2)20-7-6-17(3)8-21(20)47-15-48-26(28(35,36)37,29(38,39)40)24-10-18-9-19(11-24)13-25(12-18,14-24)27(30(41,42)43,31(44,45)46)49-23(5,34)22(4,32)33/h16-21H,6-15H2,1-5H3. The van der Waals surface area contributed by atoms with Crippen LogP contribution in [-0.2, 0) is 14.2 Å². The number of hydrogen-bond acceptors (Lipinski definition) is 3. The molecule has 0 amide bonds. The van der Waals surface area contributed by atoms with E-state index < -0.39 is 122 Å². The monoisotopic (exact) mass is 746 g/mol. The van der Waals surface area contributed by atoms with Gasteiger partial charge in [0.1, 0.15) is 6.79 Å². The van der Waals surface area contributed by atoms with Crippen molar-refractivity contribution in [2.45, 2.75) is 146 Å². The molecular weight excluding hydrogens is 705 g/mol. The largest absolute Gasteiger partial charge is 0.427 e. The summed E-state index contributed by atoms with van der Waals surface area (Å²) < 4.78 is 239. The Balaban J connectivity index is 1.90. The molecule has 0 aromatic carbocycles. The molecule has 0 heterocycles. The molecule has 5 aliphatic carbocycles. The predicted octanol–water partition coefficient (Wildman–Crippen LogP) is 11.1. The minimum Gasteiger partial charge on any atom is -0.352 e. The first-order chi connectivity index (χ1) is 21.8. The quantitative estimate of drug-likeness (QED) is 0.165. The van der Waals surface area contributed by atoms with Gasteiger partial charge in [-0.2, -0.15) is 52.7 Å². The molecule has 3 nitrogen and oxygen atoms in total. The maximum atomic E-state index is 15.2. The Morgan fingerprint density at radius 3 is 1.45 bits per heavy atom. The van der Waals surface area contributed by atoms with Crippen LogP contribution in [0.2, 0.25) is 0 Å². The van der Waals surface area contributed by atoms with Crippen molar-refractivity contribution in [3.63, 3.8) is 0 Å². The van der Waals surface area contributed by atoms with Crippen LogP contribution in [0.3, 0.4) is 0 Å². The van der Waals surface area contributed by atoms with Crippen molar-refractivity contribution in [2.24, 2.45) is 40.4 Å². The molecular formula is C31H41F15O3. The van der Waals surface area contributed by atoms with Crippen LogP contribution in [0.25, 0.3) is 0 Å². The van der Waals surface area contributed by atoms with Crippen LogP contribution in [0.15, 0.2) is 0 Å². The summed E-state index contributed by atoms with van der Waals surface area (Å²) >= 11 is 0. The van der Waals surface area contributed by atoms with Gasteiger partial charge in [-0.15, -0.1) is 0 Å². The maximum absolute atomic E-state index is 15.2. The molecule has 288 valence electrons. The van der Waals surface area contributed by atoms with Crippen LogP contribution >= 0.6 is 0 Å². The fourth-order valence-electron chi connectivity index (χ4n) is 10.0. The van der Waals surface area contributed by atoms with Crippen LogP contribution < -0.4 is 0 Å². The number of ether oxygens (including phenoxy) is 3. The predicted molar refractivity (Wildman–Crippen MR) is 143 cm³/mol. The summed E-state index contributed by atoms with van der Waals surface area (Å²) in [7, 11) is 0. The van der Waals surface area contributed by atoms with Gasteiger partial charge in [0.15, 0.2) is 0 Å². The van der Waals surface area contributed by atoms with Gasteiger partial charge in [-0.1, -0.05) is 27.2 Å². The zero-order valence-electron chi connectivity index (χ0n) is 27.4. The third-order valence-corrected chi connectivity index (χ3v) is 11.8. The Labute approximate surface area is 273 Å². The molecule has 0 aliphatic heterocycles. The fourth-order valence-corrected chi connectivity index (χ4v) is 10.0. The highest BCUT2D eigenvalue weighted by Crippen LogP contribution is 2.78. The first kappa shape index (κ1) is 40.6. The normalized spacial score (nSPS) is 34.8. The van der Waals surface area contributed by atoms with Gasteiger partial charge in [0.25, 0.3) is 17.1 Å². The van der Waals surface area contributed by atoms with Crippen LogP contribution in [0.5, 0.6) is 0 Å². The first-order valence-corrected chi connectivity index (χ1v) is 16.1. The molecule has 0 aromatic heterocycles. The summed E-state index contributed by atoms with van der Waals surface area (Å²) in [6.45, 7) is 2.93. The molecule has 0 saturated heterocycles. The zero-order chi connectivity index (χ0) is 37.7. The number of alkyl halides is 15. The maximum Gasteiger partial charge on any atom is 0.427 e. The van der Waals surface area contributed by atoms with Gasteiger partial charge >= 0.3 is 30.6 Å². The first-order valence-electron chi connectivity index (χ1n) is 16.1. The lowest BCUT2D eigenvalue weighted by molar-refractivity contribution is -0.488. The second-order valence-electron chi connectivity index (χ2n) is 15.6. The van der Waals surface area contributed by atoms with Gasteiger partial charge in [0, 0.05) is 24.7 Å². The van der Waals surface area contributed by atoms with E-state index in [1.54, 1.807) is 20.8 Å². The minimum absolute atomic E-state index is 0.0208. The van der Waals surface area contributed by atoms with Gasteiger partial charge in [-0.25, -0.2) is 13.2 Å². The van der Waals surface area contributed by atoms with Crippen LogP contribution in [0.4, 0.5) is 65.9 Å². The van der Waals surface area contributed by atoms with E-state index >= 15 is 30.7 Å². The van der Waals surface area contributed by atoms with Gasteiger partial charge < -0.3 is 14.2 Å². The number of halogens is 15. The van der Waals surface area contributed by atoms with E-state index in [9.17, 15) is 35.1 Å². The lowest BCUT2D eigenvalue weighted by atomic mass is 9.37. The lowest BCUT2D eigenvalue weighted by Gasteiger charge is -2.70. The highest BCUT2D eigenvalue weighted by Gasteiger charge is 2.90. The molecule has 49 heavy (non-hydrogen) atoms. The number of rotatable bonds is 10. The second kappa shape index (κ2) is 12.2. The summed E-state index contributed by atoms with van der Waals surface area (Å²) in [6, 6.07) is 0. The molecule has 6 atom stereocenters. The third-order valence-electron chi connectivity index (χ3n) is 11.8. The minimum atomic E-state index is -6.83. The van der Waals surface area contributed by atoms with E-state index in [1.807, 2.05) is 0 Å². The van der Waals surface area contributed by atoms with Crippen LogP contribution in [-0.4, -0.2) is 60.6 Å². The topological polar surface area (TPSA) is 27.7 Å². The van der Waals surface area contributed by atoms with Crippen molar-refractivity contribution in [3.8, 4) is 0 Å². The summed E-state index contributed by atoms with van der Waals surface area (Å²) in [4.78, 5) is 0. The van der Waals surface area contributed by atoms with Gasteiger partial charge in [0.05, 0.1) is 6.10 Å². The van der Waals surface area contributed by atoms with E-state index in [2.05, 4.69) is 4.74 Å². The van der Waals surface area contributed by atoms with E-state index in [0.29, 0.717) is 12.8 Å². The van der Waals surface area contributed by atoms with Gasteiger partial charge in [-0.3, -0.25) is 0 Å². The molecule has 0 spiro atoms. The Morgan fingerprint density at radius 2 is 1.06 bits per heavy atom. The molecule has 18 heteroatoms. The molecule has 6 unspecified atom stereocenters. The summed E-state index contributed by atoms with van der Waals surface area (Å²) in [5, 5.41) is 0. The Morgan fingerprint density at radius 1 is 0.633 bits per heavy atom. The molecule has 5 aliphatic rings. The summed E-state index contributed by atoms with van der Waals surface area (Å²) in [5.41, 5.74) is -18.6. The van der Waals surface area contributed by atoms with Crippen molar-refractivity contribution in [3.05, 3.63) is 0 Å². The summed E-state index contributed by atoms with van der Waals surface area (Å²) in [5.74, 6) is -13.7. The lowest BCUT2D eigenvalue weighted by Crippen LogP contribution is -2.79. The van der Waals surface area contributed by atoms with E-state index in [4.69, 9.17) is 9.47 Å². The molecule has 5 rings (SSSR count). The molecule has 5 fully saturated rings. The fraction of sp³-hybridized carbons (Fsp3) is 1.00. The Hall–Kier alpha value is -1.17. The van der Waals surface area contributed by atoms with Crippen LogP contribution in [0.1, 0.15) is 92.4 Å². The molecule has 4 bridgehead atoms. The molecule has 5 saturated carbocycles. The van der Waals surface area contributed by atoms with Crippen LogP contribution in [0, 0.1) is 40.4 Å².